The number of anilines is 1. The van der Waals surface area contributed by atoms with E-state index in [0.717, 1.165) is 36.3 Å². The standard InChI is InChI=1S/C12H16BrN3O2/c1-15-2-4-16(5-3-15)14-11-7-9(12(17)18)6-10(13)8-11/h6-8,14H,2-5H2,1H3,(H,17,18). The first-order valence-corrected chi connectivity index (χ1v) is 6.58. The number of halogens is 1. The maximum absolute atomic E-state index is 11.0. The van der Waals surface area contributed by atoms with E-state index < -0.39 is 5.97 Å². The van der Waals surface area contributed by atoms with Crippen molar-refractivity contribution >= 4 is 27.6 Å². The minimum atomic E-state index is -0.919. The number of benzene rings is 1. The van der Waals surface area contributed by atoms with Gasteiger partial charge in [0.25, 0.3) is 0 Å². The van der Waals surface area contributed by atoms with Crippen LogP contribution in [0.5, 0.6) is 0 Å². The Balaban J connectivity index is 2.07. The molecule has 1 aromatic rings. The van der Waals surface area contributed by atoms with Crippen LogP contribution in [0.3, 0.4) is 0 Å². The number of nitrogens with one attached hydrogen (secondary N) is 1. The van der Waals surface area contributed by atoms with Crippen LogP contribution in [0.15, 0.2) is 22.7 Å². The lowest BCUT2D eigenvalue weighted by Crippen LogP contribution is -2.46. The maximum atomic E-state index is 11.0. The lowest BCUT2D eigenvalue weighted by molar-refractivity contribution is 0.0697. The van der Waals surface area contributed by atoms with E-state index in [1.165, 1.54) is 0 Å². The molecule has 0 radical (unpaired) electrons. The zero-order valence-corrected chi connectivity index (χ0v) is 11.8. The van der Waals surface area contributed by atoms with Crippen LogP contribution in [-0.4, -0.2) is 54.2 Å². The van der Waals surface area contributed by atoms with Crippen LogP contribution in [-0.2, 0) is 0 Å². The van der Waals surface area contributed by atoms with E-state index in [0.29, 0.717) is 0 Å². The Morgan fingerprint density at radius 3 is 2.56 bits per heavy atom. The summed E-state index contributed by atoms with van der Waals surface area (Å²) in [6.45, 7) is 3.86. The maximum Gasteiger partial charge on any atom is 0.335 e. The minimum absolute atomic E-state index is 0.279. The van der Waals surface area contributed by atoms with Gasteiger partial charge >= 0.3 is 5.97 Å². The lowest BCUT2D eigenvalue weighted by Gasteiger charge is -2.33. The van der Waals surface area contributed by atoms with Crippen LogP contribution in [0.2, 0.25) is 0 Å². The van der Waals surface area contributed by atoms with Crippen LogP contribution < -0.4 is 5.43 Å². The zero-order valence-electron chi connectivity index (χ0n) is 10.2. The molecule has 1 aliphatic heterocycles. The average molecular weight is 314 g/mol. The third-order valence-electron chi connectivity index (χ3n) is 2.94. The molecule has 6 heteroatoms. The molecule has 2 N–H and O–H groups in total. The molecule has 0 atom stereocenters. The second kappa shape index (κ2) is 5.69. The Kier molecular flexibility index (Phi) is 4.21. The summed E-state index contributed by atoms with van der Waals surface area (Å²) in [6.07, 6.45) is 0. The van der Waals surface area contributed by atoms with Crippen LogP contribution in [0.1, 0.15) is 10.4 Å². The monoisotopic (exact) mass is 313 g/mol. The van der Waals surface area contributed by atoms with E-state index in [9.17, 15) is 4.79 Å². The van der Waals surface area contributed by atoms with Crippen LogP contribution >= 0.6 is 15.9 Å². The second-order valence-electron chi connectivity index (χ2n) is 4.44. The van der Waals surface area contributed by atoms with Gasteiger partial charge in [-0.1, -0.05) is 15.9 Å². The van der Waals surface area contributed by atoms with Crippen molar-refractivity contribution in [3.8, 4) is 0 Å². The fraction of sp³-hybridized carbons (Fsp3) is 0.417. The van der Waals surface area contributed by atoms with Crippen molar-refractivity contribution in [1.82, 2.24) is 9.91 Å². The van der Waals surface area contributed by atoms with Crippen LogP contribution in [0, 0.1) is 0 Å². The largest absolute Gasteiger partial charge is 0.478 e. The average Bonchev–Trinajstić information content (AvgIpc) is 2.31. The summed E-state index contributed by atoms with van der Waals surface area (Å²) in [5.74, 6) is -0.919. The first kappa shape index (κ1) is 13.3. The predicted molar refractivity (Wildman–Crippen MR) is 73.8 cm³/mol. The molecule has 0 amide bonds. The summed E-state index contributed by atoms with van der Waals surface area (Å²) in [4.78, 5) is 13.2. The fourth-order valence-electron chi connectivity index (χ4n) is 1.88. The molecule has 0 unspecified atom stereocenters. The molecule has 0 saturated carbocycles. The van der Waals surface area contributed by atoms with Crippen molar-refractivity contribution in [2.24, 2.45) is 0 Å². The number of rotatable bonds is 3. The quantitative estimate of drug-likeness (QED) is 0.890. The van der Waals surface area contributed by atoms with Gasteiger partial charge in [-0.25, -0.2) is 9.80 Å². The Morgan fingerprint density at radius 1 is 1.28 bits per heavy atom. The van der Waals surface area contributed by atoms with E-state index in [1.54, 1.807) is 12.1 Å². The van der Waals surface area contributed by atoms with Gasteiger partial charge < -0.3 is 15.4 Å². The van der Waals surface area contributed by atoms with Gasteiger partial charge in [-0.05, 0) is 25.2 Å². The number of likely N-dealkylation sites (N-methyl/N-ethyl adjacent to an activating group) is 1. The number of hydrogen-bond donors (Lipinski definition) is 2. The third-order valence-corrected chi connectivity index (χ3v) is 3.39. The molecule has 0 aromatic heterocycles. The van der Waals surface area contributed by atoms with Crippen LogP contribution in [0.4, 0.5) is 5.69 Å². The van der Waals surface area contributed by atoms with E-state index >= 15 is 0 Å². The van der Waals surface area contributed by atoms with Gasteiger partial charge in [0.15, 0.2) is 0 Å². The normalized spacial score (nSPS) is 17.7. The van der Waals surface area contributed by atoms with Gasteiger partial charge in [-0.3, -0.25) is 0 Å². The molecule has 1 aliphatic rings. The van der Waals surface area contributed by atoms with Gasteiger partial charge in [0.1, 0.15) is 0 Å². The number of piperazine rings is 1. The number of nitrogens with zero attached hydrogens (tertiary/aromatic N) is 2. The van der Waals surface area contributed by atoms with Crippen molar-refractivity contribution in [2.45, 2.75) is 0 Å². The fourth-order valence-corrected chi connectivity index (χ4v) is 2.37. The topological polar surface area (TPSA) is 55.8 Å². The van der Waals surface area contributed by atoms with E-state index in [4.69, 9.17) is 5.11 Å². The predicted octanol–water partition coefficient (Wildman–Crippen LogP) is 1.72. The number of hydrazine groups is 1. The van der Waals surface area contributed by atoms with Crippen LogP contribution in [0.25, 0.3) is 0 Å². The molecular weight excluding hydrogens is 298 g/mol. The van der Waals surface area contributed by atoms with Gasteiger partial charge in [-0.15, -0.1) is 0 Å². The molecule has 0 spiro atoms. The summed E-state index contributed by atoms with van der Waals surface area (Å²) in [6, 6.07) is 5.12. The Morgan fingerprint density at radius 2 is 1.94 bits per heavy atom. The molecular formula is C12H16BrN3O2. The molecule has 5 nitrogen and oxygen atoms in total. The Hall–Kier alpha value is -1.11. The van der Waals surface area contributed by atoms with E-state index in [2.05, 4.69) is 38.3 Å². The second-order valence-corrected chi connectivity index (χ2v) is 5.35. The molecule has 0 bridgehead atoms. The van der Waals surface area contributed by atoms with Gasteiger partial charge in [-0.2, -0.15) is 0 Å². The van der Waals surface area contributed by atoms with Crippen molar-refractivity contribution in [2.75, 3.05) is 38.7 Å². The molecule has 1 saturated heterocycles. The summed E-state index contributed by atoms with van der Waals surface area (Å²) < 4.78 is 0.763. The highest BCUT2D eigenvalue weighted by Gasteiger charge is 2.14. The molecule has 1 aromatic carbocycles. The molecule has 1 fully saturated rings. The van der Waals surface area contributed by atoms with Gasteiger partial charge in [0, 0.05) is 30.7 Å². The molecule has 0 aliphatic carbocycles. The molecule has 1 heterocycles. The highest BCUT2D eigenvalue weighted by Crippen LogP contribution is 2.20. The lowest BCUT2D eigenvalue weighted by atomic mass is 10.2. The zero-order chi connectivity index (χ0) is 13.1. The molecule has 98 valence electrons. The van der Waals surface area contributed by atoms with E-state index in [1.807, 2.05) is 6.07 Å². The van der Waals surface area contributed by atoms with Gasteiger partial charge in [0.05, 0.1) is 11.3 Å². The first-order valence-electron chi connectivity index (χ1n) is 5.78. The van der Waals surface area contributed by atoms with Crippen molar-refractivity contribution in [3.63, 3.8) is 0 Å². The Bertz CT molecular complexity index is 445. The summed E-state index contributed by atoms with van der Waals surface area (Å²) in [5.41, 5.74) is 4.33. The van der Waals surface area contributed by atoms with Crippen molar-refractivity contribution in [3.05, 3.63) is 28.2 Å². The number of carboxylic acids is 1. The minimum Gasteiger partial charge on any atom is -0.478 e. The summed E-state index contributed by atoms with van der Waals surface area (Å²) >= 11 is 3.33. The highest BCUT2D eigenvalue weighted by molar-refractivity contribution is 9.10. The third kappa shape index (κ3) is 3.44. The Labute approximate surface area is 114 Å². The summed E-state index contributed by atoms with van der Waals surface area (Å²) in [5, 5.41) is 11.1. The highest BCUT2D eigenvalue weighted by atomic mass is 79.9. The number of carbonyl (C=O) groups is 1. The first-order chi connectivity index (χ1) is 8.54. The van der Waals surface area contributed by atoms with E-state index in [-0.39, 0.29) is 5.56 Å². The van der Waals surface area contributed by atoms with Crippen molar-refractivity contribution < 1.29 is 9.90 Å². The summed E-state index contributed by atoms with van der Waals surface area (Å²) in [7, 11) is 2.10. The number of hydrogen-bond acceptors (Lipinski definition) is 4. The molecule has 18 heavy (non-hydrogen) atoms. The smallest absolute Gasteiger partial charge is 0.335 e. The van der Waals surface area contributed by atoms with Gasteiger partial charge in [0.2, 0.25) is 0 Å². The molecule has 2 rings (SSSR count). The number of aromatic carboxylic acids is 1. The van der Waals surface area contributed by atoms with Crippen molar-refractivity contribution in [1.29, 1.82) is 0 Å². The SMILES string of the molecule is CN1CCN(Nc2cc(Br)cc(C(=O)O)c2)CC1. The number of carboxylic acid groups (broad SMARTS) is 1.